The highest BCUT2D eigenvalue weighted by molar-refractivity contribution is 6.02. The van der Waals surface area contributed by atoms with Crippen molar-refractivity contribution < 1.29 is 23.2 Å². The SMILES string of the molecule is CC(=O)Oc1ccc2c(=O)oc(-c3ccc(NC(=O)c4ccco4)cc3)nc2c1. The van der Waals surface area contributed by atoms with Crippen LogP contribution in [0, 0.1) is 0 Å². The third kappa shape index (κ3) is 3.91. The van der Waals surface area contributed by atoms with E-state index in [1.54, 1.807) is 36.4 Å². The molecule has 2 aromatic heterocycles. The van der Waals surface area contributed by atoms with E-state index in [1.165, 1.54) is 31.4 Å². The molecule has 0 fully saturated rings. The molecule has 0 aliphatic rings. The number of carbonyl (C=O) groups excluding carboxylic acids is 2. The summed E-state index contributed by atoms with van der Waals surface area (Å²) < 4.78 is 15.4. The van der Waals surface area contributed by atoms with Crippen LogP contribution in [-0.4, -0.2) is 16.9 Å². The van der Waals surface area contributed by atoms with Gasteiger partial charge in [-0.25, -0.2) is 9.78 Å². The minimum atomic E-state index is -0.561. The van der Waals surface area contributed by atoms with Crippen LogP contribution < -0.4 is 15.7 Å². The topological polar surface area (TPSA) is 112 Å². The van der Waals surface area contributed by atoms with Crippen LogP contribution in [0.15, 0.2) is 74.5 Å². The van der Waals surface area contributed by atoms with E-state index in [1.807, 2.05) is 0 Å². The minimum absolute atomic E-state index is 0.103. The normalized spacial score (nSPS) is 10.7. The van der Waals surface area contributed by atoms with Crippen molar-refractivity contribution in [3.05, 3.63) is 77.0 Å². The van der Waals surface area contributed by atoms with Crippen LogP contribution in [0.2, 0.25) is 0 Å². The summed E-state index contributed by atoms with van der Waals surface area (Å²) in [7, 11) is 0. The van der Waals surface area contributed by atoms with E-state index in [0.29, 0.717) is 16.8 Å². The number of carbonyl (C=O) groups is 2. The smallest absolute Gasteiger partial charge is 0.347 e. The van der Waals surface area contributed by atoms with Gasteiger partial charge in [0.1, 0.15) is 5.75 Å². The monoisotopic (exact) mass is 390 g/mol. The van der Waals surface area contributed by atoms with Gasteiger partial charge in [0, 0.05) is 24.2 Å². The fourth-order valence-electron chi connectivity index (χ4n) is 2.70. The average Bonchev–Trinajstić information content (AvgIpc) is 3.23. The van der Waals surface area contributed by atoms with Crippen molar-refractivity contribution >= 4 is 28.5 Å². The van der Waals surface area contributed by atoms with Crippen molar-refractivity contribution in [1.82, 2.24) is 4.98 Å². The number of esters is 1. The molecule has 4 rings (SSSR count). The summed E-state index contributed by atoms with van der Waals surface area (Å²) in [6.07, 6.45) is 1.41. The summed E-state index contributed by atoms with van der Waals surface area (Å²) in [4.78, 5) is 39.8. The number of hydrogen-bond acceptors (Lipinski definition) is 7. The summed E-state index contributed by atoms with van der Waals surface area (Å²) in [6, 6.07) is 14.3. The summed E-state index contributed by atoms with van der Waals surface area (Å²) >= 11 is 0. The number of amides is 1. The molecule has 0 atom stereocenters. The van der Waals surface area contributed by atoms with Crippen molar-refractivity contribution in [3.63, 3.8) is 0 Å². The molecule has 2 heterocycles. The second-order valence-electron chi connectivity index (χ2n) is 6.09. The van der Waals surface area contributed by atoms with E-state index in [9.17, 15) is 14.4 Å². The zero-order chi connectivity index (χ0) is 20.4. The first-order valence-electron chi connectivity index (χ1n) is 8.58. The first-order chi connectivity index (χ1) is 14.0. The fraction of sp³-hybridized carbons (Fsp3) is 0.0476. The van der Waals surface area contributed by atoms with E-state index in [-0.39, 0.29) is 28.7 Å². The zero-order valence-electron chi connectivity index (χ0n) is 15.2. The molecule has 0 bridgehead atoms. The molecular formula is C21H14N2O6. The molecule has 0 saturated heterocycles. The molecule has 1 N–H and O–H groups in total. The quantitative estimate of drug-likeness (QED) is 0.418. The molecule has 0 saturated carbocycles. The second kappa shape index (κ2) is 7.43. The molecule has 1 amide bonds. The highest BCUT2D eigenvalue weighted by Crippen LogP contribution is 2.23. The van der Waals surface area contributed by atoms with Crippen LogP contribution in [0.4, 0.5) is 5.69 Å². The van der Waals surface area contributed by atoms with Gasteiger partial charge >= 0.3 is 11.6 Å². The van der Waals surface area contributed by atoms with Gasteiger partial charge < -0.3 is 18.9 Å². The summed E-state index contributed by atoms with van der Waals surface area (Å²) in [5.74, 6) is -0.271. The van der Waals surface area contributed by atoms with Crippen molar-refractivity contribution in [2.45, 2.75) is 6.92 Å². The number of anilines is 1. The molecule has 8 nitrogen and oxygen atoms in total. The Hall–Kier alpha value is -4.20. The third-order valence-corrected chi connectivity index (χ3v) is 4.00. The molecule has 2 aromatic carbocycles. The van der Waals surface area contributed by atoms with Gasteiger partial charge in [-0.15, -0.1) is 0 Å². The molecule has 0 aliphatic heterocycles. The molecule has 0 unspecified atom stereocenters. The predicted octanol–water partition coefficient (Wildman–Crippen LogP) is 3.63. The first-order valence-corrected chi connectivity index (χ1v) is 8.58. The lowest BCUT2D eigenvalue weighted by Crippen LogP contribution is -2.10. The van der Waals surface area contributed by atoms with Crippen molar-refractivity contribution in [3.8, 4) is 17.2 Å². The van der Waals surface area contributed by atoms with Gasteiger partial charge in [0.25, 0.3) is 5.91 Å². The largest absolute Gasteiger partial charge is 0.459 e. The predicted molar refractivity (Wildman–Crippen MR) is 104 cm³/mol. The van der Waals surface area contributed by atoms with E-state index in [4.69, 9.17) is 13.6 Å². The minimum Gasteiger partial charge on any atom is -0.459 e. The molecule has 4 aromatic rings. The summed E-state index contributed by atoms with van der Waals surface area (Å²) in [5.41, 5.74) is 0.855. The van der Waals surface area contributed by atoms with Crippen LogP contribution in [0.3, 0.4) is 0 Å². The lowest BCUT2D eigenvalue weighted by Gasteiger charge is -2.06. The van der Waals surface area contributed by atoms with Gasteiger partial charge in [0.15, 0.2) is 5.76 Å². The third-order valence-electron chi connectivity index (χ3n) is 4.00. The number of aromatic nitrogens is 1. The Kier molecular flexibility index (Phi) is 4.66. The van der Waals surface area contributed by atoms with Crippen LogP contribution in [0.1, 0.15) is 17.5 Å². The van der Waals surface area contributed by atoms with Crippen molar-refractivity contribution in [2.24, 2.45) is 0 Å². The molecule has 0 spiro atoms. The standard InChI is InChI=1S/C21H14N2O6/c1-12(24)28-15-8-9-16-17(11-15)23-20(29-21(16)26)13-4-6-14(7-5-13)22-19(25)18-3-2-10-27-18/h2-11H,1H3,(H,22,25). The number of nitrogens with zero attached hydrogens (tertiary/aromatic N) is 1. The van der Waals surface area contributed by atoms with Crippen LogP contribution in [-0.2, 0) is 4.79 Å². The number of benzene rings is 2. The Morgan fingerprint density at radius 2 is 1.86 bits per heavy atom. The van der Waals surface area contributed by atoms with Gasteiger partial charge in [-0.05, 0) is 48.5 Å². The van der Waals surface area contributed by atoms with E-state index in [2.05, 4.69) is 10.3 Å². The Labute approximate surface area is 163 Å². The van der Waals surface area contributed by atoms with Crippen molar-refractivity contribution in [1.29, 1.82) is 0 Å². The maximum Gasteiger partial charge on any atom is 0.347 e. The van der Waals surface area contributed by atoms with E-state index in [0.717, 1.165) is 0 Å². The average molecular weight is 390 g/mol. The Morgan fingerprint density at radius 3 is 2.55 bits per heavy atom. The Balaban J connectivity index is 1.62. The first kappa shape index (κ1) is 18.2. The molecule has 0 radical (unpaired) electrons. The maximum absolute atomic E-state index is 12.3. The number of hydrogen-bond donors (Lipinski definition) is 1. The highest BCUT2D eigenvalue weighted by atomic mass is 16.5. The lowest BCUT2D eigenvalue weighted by molar-refractivity contribution is -0.131. The van der Waals surface area contributed by atoms with Gasteiger partial charge in [0.2, 0.25) is 5.89 Å². The van der Waals surface area contributed by atoms with Gasteiger partial charge in [0.05, 0.1) is 17.2 Å². The number of furan rings is 1. The molecule has 144 valence electrons. The van der Waals surface area contributed by atoms with E-state index >= 15 is 0 Å². The number of nitrogens with one attached hydrogen (secondary N) is 1. The summed E-state index contributed by atoms with van der Waals surface area (Å²) in [5, 5.41) is 2.97. The Bertz CT molecular complexity index is 1260. The van der Waals surface area contributed by atoms with Crippen LogP contribution in [0.5, 0.6) is 5.75 Å². The van der Waals surface area contributed by atoms with Crippen LogP contribution in [0.25, 0.3) is 22.4 Å². The van der Waals surface area contributed by atoms with Gasteiger partial charge in [-0.2, -0.15) is 0 Å². The molecule has 29 heavy (non-hydrogen) atoms. The number of rotatable bonds is 4. The molecule has 8 heteroatoms. The zero-order valence-corrected chi connectivity index (χ0v) is 15.2. The van der Waals surface area contributed by atoms with Gasteiger partial charge in [-0.3, -0.25) is 9.59 Å². The van der Waals surface area contributed by atoms with Gasteiger partial charge in [-0.1, -0.05) is 0 Å². The molecule has 0 aliphatic carbocycles. The van der Waals surface area contributed by atoms with Crippen molar-refractivity contribution in [2.75, 3.05) is 5.32 Å². The molecular weight excluding hydrogens is 376 g/mol. The maximum atomic E-state index is 12.3. The fourth-order valence-corrected chi connectivity index (χ4v) is 2.70. The Morgan fingerprint density at radius 1 is 1.07 bits per heavy atom. The second-order valence-corrected chi connectivity index (χ2v) is 6.09. The lowest BCUT2D eigenvalue weighted by atomic mass is 10.2. The summed E-state index contributed by atoms with van der Waals surface area (Å²) in [6.45, 7) is 1.29. The number of ether oxygens (including phenoxy) is 1. The van der Waals surface area contributed by atoms with Crippen LogP contribution >= 0.6 is 0 Å². The number of fused-ring (bicyclic) bond motifs is 1. The van der Waals surface area contributed by atoms with E-state index < -0.39 is 11.6 Å². The highest BCUT2D eigenvalue weighted by Gasteiger charge is 2.12.